The Morgan fingerprint density at radius 2 is 1.85 bits per heavy atom. The number of H-pyrrole nitrogens is 1. The van der Waals surface area contributed by atoms with Gasteiger partial charge < -0.3 is 29.6 Å². The molecular formula is C26H26FN3O4. The minimum Gasteiger partial charge on any atom is -0.470 e. The van der Waals surface area contributed by atoms with Gasteiger partial charge in [0.25, 0.3) is 0 Å². The molecule has 3 saturated heterocycles. The molecule has 4 atom stereocenters. The van der Waals surface area contributed by atoms with Crippen LogP contribution in [-0.4, -0.2) is 65.8 Å². The SMILES string of the molecule is O[C@@H]1CO[C@H]2[C@@H]1OC[C@H]2Oc1cc2nc(-c3ccc(C#CC4CCNCC4)cc3)c(F)cc2[nH]1. The third-order valence-corrected chi connectivity index (χ3v) is 6.71. The Labute approximate surface area is 196 Å². The molecule has 3 N–H and O–H groups in total. The molecule has 8 heteroatoms. The molecule has 0 aliphatic carbocycles. The molecule has 0 saturated carbocycles. The number of benzene rings is 1. The number of aliphatic hydroxyl groups is 1. The zero-order chi connectivity index (χ0) is 23.1. The number of rotatable bonds is 3. The maximum atomic E-state index is 14.9. The van der Waals surface area contributed by atoms with Crippen molar-refractivity contribution in [2.75, 3.05) is 26.3 Å². The maximum Gasteiger partial charge on any atom is 0.193 e. The zero-order valence-electron chi connectivity index (χ0n) is 18.6. The van der Waals surface area contributed by atoms with E-state index in [-0.39, 0.29) is 30.6 Å². The highest BCUT2D eigenvalue weighted by molar-refractivity contribution is 5.81. The van der Waals surface area contributed by atoms with E-state index in [0.29, 0.717) is 35.0 Å². The van der Waals surface area contributed by atoms with Gasteiger partial charge in [-0.05, 0) is 38.1 Å². The first-order valence-corrected chi connectivity index (χ1v) is 11.7. The summed E-state index contributed by atoms with van der Waals surface area (Å²) in [4.78, 5) is 7.61. The molecule has 3 aromatic rings. The number of aromatic nitrogens is 2. The Kier molecular flexibility index (Phi) is 5.71. The van der Waals surface area contributed by atoms with Gasteiger partial charge >= 0.3 is 0 Å². The monoisotopic (exact) mass is 463 g/mol. The van der Waals surface area contributed by atoms with Gasteiger partial charge in [-0.1, -0.05) is 24.0 Å². The molecular weight excluding hydrogens is 437 g/mol. The number of hydrogen-bond donors (Lipinski definition) is 3. The van der Waals surface area contributed by atoms with Crippen molar-refractivity contribution in [2.45, 2.75) is 37.3 Å². The lowest BCUT2D eigenvalue weighted by atomic mass is 9.98. The number of aliphatic hydroxyl groups excluding tert-OH is 1. The van der Waals surface area contributed by atoms with Gasteiger partial charge in [0.1, 0.15) is 24.0 Å². The maximum absolute atomic E-state index is 14.9. The molecule has 1 aromatic carbocycles. The first-order valence-electron chi connectivity index (χ1n) is 11.7. The number of ether oxygens (including phenoxy) is 3. The molecule has 0 amide bonds. The number of hydrogen-bond acceptors (Lipinski definition) is 6. The minimum atomic E-state index is -0.637. The van der Waals surface area contributed by atoms with Crippen LogP contribution < -0.4 is 10.1 Å². The van der Waals surface area contributed by atoms with Crippen LogP contribution in [0.3, 0.4) is 0 Å². The third-order valence-electron chi connectivity index (χ3n) is 6.71. The molecule has 0 bridgehead atoms. The van der Waals surface area contributed by atoms with E-state index in [1.807, 2.05) is 24.3 Å². The van der Waals surface area contributed by atoms with Crippen LogP contribution in [0.1, 0.15) is 18.4 Å². The highest BCUT2D eigenvalue weighted by atomic mass is 19.1. The summed E-state index contributed by atoms with van der Waals surface area (Å²) in [5, 5.41) is 13.2. The van der Waals surface area contributed by atoms with E-state index < -0.39 is 11.9 Å². The smallest absolute Gasteiger partial charge is 0.193 e. The number of piperidine rings is 1. The number of pyridine rings is 1. The van der Waals surface area contributed by atoms with E-state index in [4.69, 9.17) is 14.2 Å². The topological polar surface area (TPSA) is 88.6 Å². The van der Waals surface area contributed by atoms with Gasteiger partial charge in [-0.2, -0.15) is 0 Å². The van der Waals surface area contributed by atoms with Gasteiger partial charge in [0, 0.05) is 29.2 Å². The van der Waals surface area contributed by atoms with Crippen LogP contribution in [0.2, 0.25) is 0 Å². The summed E-state index contributed by atoms with van der Waals surface area (Å²) >= 11 is 0. The molecule has 0 unspecified atom stereocenters. The van der Waals surface area contributed by atoms with Crippen molar-refractivity contribution in [3.63, 3.8) is 0 Å². The van der Waals surface area contributed by atoms with Gasteiger partial charge in [0.15, 0.2) is 17.8 Å². The van der Waals surface area contributed by atoms with Crippen molar-refractivity contribution in [3.05, 3.63) is 47.8 Å². The number of nitrogens with zero attached hydrogens (tertiary/aromatic N) is 1. The molecule has 5 heterocycles. The van der Waals surface area contributed by atoms with Crippen LogP contribution in [0.15, 0.2) is 36.4 Å². The molecule has 6 rings (SSSR count). The average molecular weight is 464 g/mol. The van der Waals surface area contributed by atoms with Gasteiger partial charge in [-0.25, -0.2) is 9.37 Å². The van der Waals surface area contributed by atoms with Crippen LogP contribution in [0.5, 0.6) is 5.88 Å². The summed E-state index contributed by atoms with van der Waals surface area (Å²) in [5.41, 5.74) is 3.03. The van der Waals surface area contributed by atoms with E-state index >= 15 is 0 Å². The normalized spacial score (nSPS) is 26.9. The number of fused-ring (bicyclic) bond motifs is 2. The van der Waals surface area contributed by atoms with Crippen molar-refractivity contribution in [1.29, 1.82) is 0 Å². The van der Waals surface area contributed by atoms with Gasteiger partial charge in [-0.3, -0.25) is 0 Å². The first-order chi connectivity index (χ1) is 16.6. The van der Waals surface area contributed by atoms with Crippen LogP contribution >= 0.6 is 0 Å². The molecule has 0 radical (unpaired) electrons. The number of nitrogens with one attached hydrogen (secondary N) is 2. The van der Waals surface area contributed by atoms with Crippen LogP contribution in [-0.2, 0) is 9.47 Å². The highest BCUT2D eigenvalue weighted by Gasteiger charge is 2.48. The largest absolute Gasteiger partial charge is 0.470 e. The molecule has 7 nitrogen and oxygen atoms in total. The molecule has 176 valence electrons. The van der Waals surface area contributed by atoms with E-state index in [9.17, 15) is 9.50 Å². The van der Waals surface area contributed by atoms with Gasteiger partial charge in [-0.15, -0.1) is 0 Å². The third kappa shape index (κ3) is 4.17. The van der Waals surface area contributed by atoms with Gasteiger partial charge in [0.05, 0.1) is 24.2 Å². The Hall–Kier alpha value is -2.96. The highest BCUT2D eigenvalue weighted by Crippen LogP contribution is 2.32. The fourth-order valence-electron chi connectivity index (χ4n) is 4.84. The van der Waals surface area contributed by atoms with E-state index in [2.05, 4.69) is 27.1 Å². The Morgan fingerprint density at radius 3 is 2.68 bits per heavy atom. The fourth-order valence-corrected chi connectivity index (χ4v) is 4.84. The Balaban J connectivity index is 1.19. The van der Waals surface area contributed by atoms with Crippen molar-refractivity contribution in [2.24, 2.45) is 5.92 Å². The van der Waals surface area contributed by atoms with Crippen molar-refractivity contribution < 1.29 is 23.7 Å². The van der Waals surface area contributed by atoms with Crippen LogP contribution in [0, 0.1) is 23.6 Å². The molecule has 2 aromatic heterocycles. The summed E-state index contributed by atoms with van der Waals surface area (Å²) in [5.74, 6) is 7.07. The summed E-state index contributed by atoms with van der Waals surface area (Å²) in [7, 11) is 0. The van der Waals surface area contributed by atoms with Gasteiger partial charge in [0.2, 0.25) is 0 Å². The summed E-state index contributed by atoms with van der Waals surface area (Å²) < 4.78 is 32.1. The zero-order valence-corrected chi connectivity index (χ0v) is 18.6. The average Bonchev–Trinajstić information content (AvgIpc) is 3.55. The standard InChI is InChI=1S/C26H26FN3O4/c27-18-11-19-20(12-23(29-19)34-22-14-33-25-21(31)13-32-26(22)25)30-24(18)17-5-3-15(4-6-17)1-2-16-7-9-28-10-8-16/h3-6,11-12,16,21-22,25-26,28-29,31H,7-10,13-14H2/t21-,22-,25-,26-/m1/s1. The van der Waals surface area contributed by atoms with E-state index in [1.54, 1.807) is 6.07 Å². The number of aromatic amines is 1. The summed E-state index contributed by atoms with van der Waals surface area (Å²) in [6.45, 7) is 2.59. The second-order valence-electron chi connectivity index (χ2n) is 9.08. The predicted octanol–water partition coefficient (Wildman–Crippen LogP) is 2.63. The quantitative estimate of drug-likeness (QED) is 0.518. The Bertz CT molecular complexity index is 1240. The molecule has 0 spiro atoms. The summed E-state index contributed by atoms with van der Waals surface area (Å²) in [6, 6.07) is 10.7. The van der Waals surface area contributed by atoms with E-state index in [1.165, 1.54) is 6.07 Å². The van der Waals surface area contributed by atoms with Crippen molar-refractivity contribution >= 4 is 11.0 Å². The number of halogens is 1. The molecule has 3 fully saturated rings. The lowest BCUT2D eigenvalue weighted by molar-refractivity contribution is 0.00794. The van der Waals surface area contributed by atoms with Crippen molar-refractivity contribution in [1.82, 2.24) is 15.3 Å². The second kappa shape index (κ2) is 9.01. The first kappa shape index (κ1) is 21.6. The van der Waals surface area contributed by atoms with Crippen molar-refractivity contribution in [3.8, 4) is 29.0 Å². The predicted molar refractivity (Wildman–Crippen MR) is 124 cm³/mol. The summed E-state index contributed by atoms with van der Waals surface area (Å²) in [6.07, 6.45) is 0.473. The second-order valence-corrected chi connectivity index (χ2v) is 9.08. The lowest BCUT2D eigenvalue weighted by Crippen LogP contribution is -2.34. The Morgan fingerprint density at radius 1 is 1.06 bits per heavy atom. The minimum absolute atomic E-state index is 0.237. The molecule has 34 heavy (non-hydrogen) atoms. The van der Waals surface area contributed by atoms with E-state index in [0.717, 1.165) is 31.5 Å². The molecule has 3 aliphatic rings. The van der Waals surface area contributed by atoms with Crippen LogP contribution in [0.25, 0.3) is 22.3 Å². The lowest BCUT2D eigenvalue weighted by Gasteiger charge is -2.17. The van der Waals surface area contributed by atoms with Crippen LogP contribution in [0.4, 0.5) is 4.39 Å². The fraction of sp³-hybridized carbons (Fsp3) is 0.423. The molecule has 3 aliphatic heterocycles.